The van der Waals surface area contributed by atoms with Gasteiger partial charge in [0, 0.05) is 11.6 Å². The first-order valence-electron chi connectivity index (χ1n) is 8.50. The van der Waals surface area contributed by atoms with E-state index in [2.05, 4.69) is 20.8 Å². The lowest BCUT2D eigenvalue weighted by Gasteiger charge is -2.14. The Balaban J connectivity index is 1.70. The Bertz CT molecular complexity index is 939. The average Bonchev–Trinajstić information content (AvgIpc) is 3.08. The number of amides is 1. The van der Waals surface area contributed by atoms with Gasteiger partial charge in [0.2, 0.25) is 11.1 Å². The minimum Gasteiger partial charge on any atom is -0.351 e. The lowest BCUT2D eigenvalue weighted by molar-refractivity contribution is -0.120. The normalized spacial score (nSPS) is 12.0. The molecular weight excluding hydrogens is 382 g/mol. The largest absolute Gasteiger partial charge is 0.351 e. The zero-order chi connectivity index (χ0) is 19.4. The summed E-state index contributed by atoms with van der Waals surface area (Å²) in [5.74, 6) is -0.101. The van der Waals surface area contributed by atoms with Gasteiger partial charge in [-0.05, 0) is 54.0 Å². The molecule has 0 aliphatic carbocycles. The molecular formula is C19H20ClN5OS. The molecule has 0 saturated carbocycles. The predicted molar refractivity (Wildman–Crippen MR) is 107 cm³/mol. The van der Waals surface area contributed by atoms with Crippen LogP contribution in [0.25, 0.3) is 5.69 Å². The van der Waals surface area contributed by atoms with Crippen molar-refractivity contribution in [3.05, 3.63) is 64.2 Å². The summed E-state index contributed by atoms with van der Waals surface area (Å²) in [6, 6.07) is 13.5. The highest BCUT2D eigenvalue weighted by atomic mass is 35.5. The number of hydrogen-bond acceptors (Lipinski definition) is 5. The van der Waals surface area contributed by atoms with Crippen LogP contribution >= 0.6 is 23.4 Å². The lowest BCUT2D eigenvalue weighted by Crippen LogP contribution is -2.30. The Kier molecular flexibility index (Phi) is 6.13. The van der Waals surface area contributed by atoms with Crippen molar-refractivity contribution in [2.45, 2.75) is 37.7 Å². The Labute approximate surface area is 167 Å². The molecule has 0 spiro atoms. The number of nitrogens with one attached hydrogen (secondary N) is 1. The summed E-state index contributed by atoms with van der Waals surface area (Å²) in [6.07, 6.45) is 0. The van der Waals surface area contributed by atoms with Gasteiger partial charge < -0.3 is 5.32 Å². The quantitative estimate of drug-likeness (QED) is 0.637. The number of benzene rings is 2. The number of aromatic nitrogens is 4. The zero-order valence-electron chi connectivity index (χ0n) is 15.3. The molecule has 3 aromatic rings. The highest BCUT2D eigenvalue weighted by Crippen LogP contribution is 2.26. The van der Waals surface area contributed by atoms with Gasteiger partial charge in [-0.1, -0.05) is 59.8 Å². The molecule has 6 nitrogen and oxygen atoms in total. The Morgan fingerprint density at radius 1 is 1.19 bits per heavy atom. The second-order valence-electron chi connectivity index (χ2n) is 6.18. The first-order chi connectivity index (χ1) is 13.0. The van der Waals surface area contributed by atoms with Crippen LogP contribution in [0.3, 0.4) is 0 Å². The molecule has 1 aromatic heterocycles. The number of carbonyl (C=O) groups is 1. The molecule has 0 saturated heterocycles. The maximum Gasteiger partial charge on any atom is 0.233 e. The van der Waals surface area contributed by atoms with Crippen LogP contribution in [0, 0.1) is 13.8 Å². The highest BCUT2D eigenvalue weighted by Gasteiger charge is 2.20. The van der Waals surface area contributed by atoms with Crippen LogP contribution in [0.15, 0.2) is 47.6 Å². The fraction of sp³-hybridized carbons (Fsp3) is 0.263. The van der Waals surface area contributed by atoms with Crippen molar-refractivity contribution in [1.29, 1.82) is 0 Å². The van der Waals surface area contributed by atoms with Gasteiger partial charge in [0.15, 0.2) is 0 Å². The van der Waals surface area contributed by atoms with Gasteiger partial charge in [0.25, 0.3) is 0 Å². The van der Waals surface area contributed by atoms with Gasteiger partial charge in [0.05, 0.1) is 10.9 Å². The van der Waals surface area contributed by atoms with Gasteiger partial charge >= 0.3 is 0 Å². The third-order valence-corrected chi connectivity index (χ3v) is 5.56. The maximum atomic E-state index is 12.5. The summed E-state index contributed by atoms with van der Waals surface area (Å²) in [5.41, 5.74) is 3.96. The topological polar surface area (TPSA) is 72.7 Å². The number of nitrogens with zero attached hydrogens (tertiary/aromatic N) is 4. The molecule has 140 valence electrons. The van der Waals surface area contributed by atoms with Gasteiger partial charge in [-0.15, -0.1) is 5.10 Å². The van der Waals surface area contributed by atoms with Crippen molar-refractivity contribution in [2.24, 2.45) is 0 Å². The molecule has 1 amide bonds. The van der Waals surface area contributed by atoms with E-state index in [1.54, 1.807) is 10.7 Å². The molecule has 0 unspecified atom stereocenters. The van der Waals surface area contributed by atoms with Crippen molar-refractivity contribution < 1.29 is 4.79 Å². The summed E-state index contributed by atoms with van der Waals surface area (Å²) < 4.78 is 1.69. The number of aryl methyl sites for hydroxylation is 2. The molecule has 0 aliphatic rings. The lowest BCUT2D eigenvalue weighted by atomic mass is 10.1. The first-order valence-corrected chi connectivity index (χ1v) is 9.76. The number of tetrazole rings is 1. The van der Waals surface area contributed by atoms with Gasteiger partial charge in [-0.2, -0.15) is 4.68 Å². The van der Waals surface area contributed by atoms with Crippen molar-refractivity contribution in [2.75, 3.05) is 0 Å². The van der Waals surface area contributed by atoms with E-state index in [9.17, 15) is 4.79 Å². The molecule has 0 fully saturated rings. The smallest absolute Gasteiger partial charge is 0.233 e. The molecule has 2 aromatic carbocycles. The number of thioether (sulfide) groups is 1. The third kappa shape index (κ3) is 4.48. The molecule has 8 heteroatoms. The van der Waals surface area contributed by atoms with Crippen molar-refractivity contribution in [3.8, 4) is 5.69 Å². The number of rotatable bonds is 6. The Morgan fingerprint density at radius 3 is 2.59 bits per heavy atom. The van der Waals surface area contributed by atoms with Crippen molar-refractivity contribution in [1.82, 2.24) is 25.5 Å². The van der Waals surface area contributed by atoms with Crippen LogP contribution in [-0.4, -0.2) is 31.4 Å². The number of hydrogen-bond donors (Lipinski definition) is 1. The average molecular weight is 402 g/mol. The van der Waals surface area contributed by atoms with Gasteiger partial charge in [0.1, 0.15) is 0 Å². The van der Waals surface area contributed by atoms with Crippen molar-refractivity contribution in [3.63, 3.8) is 0 Å². The molecule has 1 heterocycles. The minimum atomic E-state index is -0.360. The number of halogens is 1. The van der Waals surface area contributed by atoms with Gasteiger partial charge in [-0.3, -0.25) is 4.79 Å². The molecule has 27 heavy (non-hydrogen) atoms. The highest BCUT2D eigenvalue weighted by molar-refractivity contribution is 8.00. The minimum absolute atomic E-state index is 0.101. The molecule has 0 radical (unpaired) electrons. The molecule has 0 bridgehead atoms. The summed E-state index contributed by atoms with van der Waals surface area (Å²) in [5, 5.41) is 15.8. The van der Waals surface area contributed by atoms with E-state index >= 15 is 0 Å². The molecule has 1 N–H and O–H groups in total. The molecule has 1 atom stereocenters. The van der Waals surface area contributed by atoms with E-state index in [0.29, 0.717) is 16.7 Å². The second-order valence-corrected chi connectivity index (χ2v) is 7.90. The fourth-order valence-corrected chi connectivity index (χ4v) is 3.73. The summed E-state index contributed by atoms with van der Waals surface area (Å²) in [7, 11) is 0. The van der Waals surface area contributed by atoms with E-state index in [4.69, 9.17) is 11.6 Å². The third-order valence-electron chi connectivity index (χ3n) is 4.15. The zero-order valence-corrected chi connectivity index (χ0v) is 16.9. The van der Waals surface area contributed by atoms with E-state index in [-0.39, 0.29) is 11.2 Å². The van der Waals surface area contributed by atoms with Crippen LogP contribution in [0.1, 0.15) is 23.6 Å². The first kappa shape index (κ1) is 19.4. The standard InChI is InChI=1S/C19H20ClN5OS/c1-12-7-6-8-13(2)17(12)25-19(22-23-24-25)27-14(3)18(26)21-11-15-9-4-5-10-16(15)20/h4-10,14H,11H2,1-3H3,(H,21,26)/t14-/m0/s1. The van der Waals surface area contributed by atoms with E-state index in [1.807, 2.05) is 57.2 Å². The monoisotopic (exact) mass is 401 g/mol. The summed E-state index contributed by atoms with van der Waals surface area (Å²) >= 11 is 7.45. The van der Waals surface area contributed by atoms with Gasteiger partial charge in [-0.25, -0.2) is 0 Å². The number of carbonyl (C=O) groups excluding carboxylic acids is 1. The Morgan fingerprint density at radius 2 is 1.89 bits per heavy atom. The van der Waals surface area contributed by atoms with Crippen LogP contribution in [0.4, 0.5) is 0 Å². The Hall–Kier alpha value is -2.38. The van der Waals surface area contributed by atoms with E-state index in [1.165, 1.54) is 11.8 Å². The van der Waals surface area contributed by atoms with E-state index in [0.717, 1.165) is 22.4 Å². The van der Waals surface area contributed by atoms with E-state index < -0.39 is 0 Å². The van der Waals surface area contributed by atoms with Crippen LogP contribution in [-0.2, 0) is 11.3 Å². The van der Waals surface area contributed by atoms with Crippen molar-refractivity contribution >= 4 is 29.3 Å². The van der Waals surface area contributed by atoms with Crippen LogP contribution in [0.2, 0.25) is 5.02 Å². The SMILES string of the molecule is Cc1cccc(C)c1-n1nnnc1S[C@@H](C)C(=O)NCc1ccccc1Cl. The molecule has 3 rings (SSSR count). The summed E-state index contributed by atoms with van der Waals surface area (Å²) in [6.45, 7) is 6.23. The fourth-order valence-electron chi connectivity index (χ4n) is 2.71. The maximum absolute atomic E-state index is 12.5. The molecule has 0 aliphatic heterocycles. The number of para-hydroxylation sites is 1. The van der Waals surface area contributed by atoms with Crippen LogP contribution in [0.5, 0.6) is 0 Å². The summed E-state index contributed by atoms with van der Waals surface area (Å²) in [4.78, 5) is 12.5. The van der Waals surface area contributed by atoms with Crippen LogP contribution < -0.4 is 5.32 Å². The second kappa shape index (κ2) is 8.54. The predicted octanol–water partition coefficient (Wildman–Crippen LogP) is 3.73.